The van der Waals surface area contributed by atoms with Crippen molar-refractivity contribution in [2.75, 3.05) is 6.61 Å². The summed E-state index contributed by atoms with van der Waals surface area (Å²) in [7, 11) is 0. The van der Waals surface area contributed by atoms with E-state index in [4.69, 9.17) is 9.47 Å². The van der Waals surface area contributed by atoms with E-state index >= 15 is 0 Å². The number of hydrogen-bond acceptors (Lipinski definition) is 3. The number of aryl methyl sites for hydroxylation is 1. The van der Waals surface area contributed by atoms with Crippen LogP contribution in [-0.4, -0.2) is 12.4 Å². The van der Waals surface area contributed by atoms with Crippen molar-refractivity contribution in [1.29, 1.82) is 0 Å². The van der Waals surface area contributed by atoms with Crippen molar-refractivity contribution in [1.82, 2.24) is 0 Å². The van der Waals surface area contributed by atoms with Gasteiger partial charge >= 0.3 is 0 Å². The zero-order valence-electron chi connectivity index (χ0n) is 18.1. The van der Waals surface area contributed by atoms with E-state index in [0.29, 0.717) is 31.1 Å². The second-order valence-electron chi connectivity index (χ2n) is 7.41. The molecule has 0 fully saturated rings. The summed E-state index contributed by atoms with van der Waals surface area (Å²) in [6, 6.07) is 26.2. The third kappa shape index (κ3) is 7.78. The Kier molecular flexibility index (Phi) is 8.93. The molecule has 3 aromatic carbocycles. The summed E-state index contributed by atoms with van der Waals surface area (Å²) >= 11 is 0. The van der Waals surface area contributed by atoms with Crippen molar-refractivity contribution >= 4 is 11.9 Å². The molecule has 3 aromatic rings. The average molecular weight is 415 g/mol. The molecule has 3 heteroatoms. The number of carbonyl (C=O) groups excluding carboxylic acids is 1. The third-order valence-electron chi connectivity index (χ3n) is 4.95. The van der Waals surface area contributed by atoms with Crippen LogP contribution < -0.4 is 9.47 Å². The molecule has 0 saturated heterocycles. The molecule has 0 atom stereocenters. The number of hydrogen-bond donors (Lipinski definition) is 0. The van der Waals surface area contributed by atoms with Crippen LogP contribution in [0, 0.1) is 0 Å². The first kappa shape index (κ1) is 22.4. The predicted molar refractivity (Wildman–Crippen MR) is 126 cm³/mol. The van der Waals surface area contributed by atoms with Gasteiger partial charge in [0, 0.05) is 6.42 Å². The smallest absolute Gasteiger partial charge is 0.161 e. The van der Waals surface area contributed by atoms with Crippen molar-refractivity contribution in [3.8, 4) is 11.5 Å². The summed E-state index contributed by atoms with van der Waals surface area (Å²) in [5, 5.41) is 0. The fraction of sp³-hybridized carbons (Fsp3) is 0.250. The number of ether oxygens (including phenoxy) is 2. The molecule has 0 aromatic heterocycles. The topological polar surface area (TPSA) is 35.5 Å². The summed E-state index contributed by atoms with van der Waals surface area (Å²) < 4.78 is 11.7. The summed E-state index contributed by atoms with van der Waals surface area (Å²) in [5.74, 6) is 1.54. The Hall–Kier alpha value is -3.33. The van der Waals surface area contributed by atoms with Crippen LogP contribution in [0.15, 0.2) is 84.9 Å². The van der Waals surface area contributed by atoms with Gasteiger partial charge in [0.15, 0.2) is 17.3 Å². The quantitative estimate of drug-likeness (QED) is 0.246. The summed E-state index contributed by atoms with van der Waals surface area (Å²) in [4.78, 5) is 12.2. The van der Waals surface area contributed by atoms with Crippen LogP contribution in [0.5, 0.6) is 11.5 Å². The van der Waals surface area contributed by atoms with E-state index in [1.165, 1.54) is 5.56 Å². The monoisotopic (exact) mass is 414 g/mol. The van der Waals surface area contributed by atoms with E-state index in [9.17, 15) is 4.79 Å². The molecular weight excluding hydrogens is 384 g/mol. The van der Waals surface area contributed by atoms with Crippen LogP contribution in [0.2, 0.25) is 0 Å². The van der Waals surface area contributed by atoms with Crippen molar-refractivity contribution < 1.29 is 14.3 Å². The maximum atomic E-state index is 12.2. The number of benzene rings is 3. The molecule has 0 spiro atoms. The lowest BCUT2D eigenvalue weighted by Crippen LogP contribution is -2.00. The van der Waals surface area contributed by atoms with E-state index in [2.05, 4.69) is 24.3 Å². The van der Waals surface area contributed by atoms with Crippen LogP contribution in [0.25, 0.3) is 6.08 Å². The Balaban J connectivity index is 1.50. The second kappa shape index (κ2) is 12.4. The highest BCUT2D eigenvalue weighted by Crippen LogP contribution is 2.29. The van der Waals surface area contributed by atoms with Crippen molar-refractivity contribution in [3.05, 3.63) is 102 Å². The maximum absolute atomic E-state index is 12.2. The van der Waals surface area contributed by atoms with Gasteiger partial charge in [0.25, 0.3) is 0 Å². The summed E-state index contributed by atoms with van der Waals surface area (Å²) in [6.07, 6.45) is 7.01. The molecule has 0 aliphatic rings. The van der Waals surface area contributed by atoms with Gasteiger partial charge in [0.1, 0.15) is 6.61 Å². The van der Waals surface area contributed by atoms with Gasteiger partial charge in [-0.1, -0.05) is 72.8 Å². The van der Waals surface area contributed by atoms with Crippen LogP contribution in [0.4, 0.5) is 0 Å². The van der Waals surface area contributed by atoms with Gasteiger partial charge in [-0.2, -0.15) is 0 Å². The van der Waals surface area contributed by atoms with Crippen molar-refractivity contribution in [2.45, 2.75) is 39.2 Å². The minimum Gasteiger partial charge on any atom is -0.490 e. The number of carbonyl (C=O) groups is 1. The largest absolute Gasteiger partial charge is 0.490 e. The minimum absolute atomic E-state index is 0.149. The van der Waals surface area contributed by atoms with E-state index in [0.717, 1.165) is 30.4 Å². The molecule has 3 nitrogen and oxygen atoms in total. The summed E-state index contributed by atoms with van der Waals surface area (Å²) in [6.45, 7) is 2.98. The zero-order chi connectivity index (χ0) is 21.7. The SMILES string of the molecule is CCOc1cc(/C=C/C(=O)CCCCc2ccccc2)ccc1OCc1ccccc1. The van der Waals surface area contributed by atoms with Crippen LogP contribution in [-0.2, 0) is 17.8 Å². The highest BCUT2D eigenvalue weighted by Gasteiger charge is 2.07. The molecule has 3 rings (SSSR count). The normalized spacial score (nSPS) is 10.9. The fourth-order valence-corrected chi connectivity index (χ4v) is 3.30. The maximum Gasteiger partial charge on any atom is 0.161 e. The second-order valence-corrected chi connectivity index (χ2v) is 7.41. The fourth-order valence-electron chi connectivity index (χ4n) is 3.30. The average Bonchev–Trinajstić information content (AvgIpc) is 2.81. The molecule has 0 aliphatic carbocycles. The Bertz CT molecular complexity index is 962. The van der Waals surface area contributed by atoms with Crippen molar-refractivity contribution in [2.24, 2.45) is 0 Å². The van der Waals surface area contributed by atoms with Gasteiger partial charge in [-0.3, -0.25) is 4.79 Å². The van der Waals surface area contributed by atoms with Gasteiger partial charge in [-0.15, -0.1) is 0 Å². The molecule has 31 heavy (non-hydrogen) atoms. The lowest BCUT2D eigenvalue weighted by Gasteiger charge is -2.12. The highest BCUT2D eigenvalue weighted by molar-refractivity contribution is 5.93. The molecule has 0 radical (unpaired) electrons. The van der Waals surface area contributed by atoms with Gasteiger partial charge in [0.05, 0.1) is 6.61 Å². The van der Waals surface area contributed by atoms with E-state index in [1.54, 1.807) is 6.08 Å². The number of allylic oxidation sites excluding steroid dienone is 1. The first-order valence-corrected chi connectivity index (χ1v) is 10.9. The van der Waals surface area contributed by atoms with E-state index in [-0.39, 0.29) is 5.78 Å². The lowest BCUT2D eigenvalue weighted by atomic mass is 10.1. The first-order chi connectivity index (χ1) is 15.2. The van der Waals surface area contributed by atoms with E-state index in [1.807, 2.05) is 67.6 Å². The Morgan fingerprint density at radius 3 is 2.23 bits per heavy atom. The Morgan fingerprint density at radius 2 is 1.52 bits per heavy atom. The molecule has 0 heterocycles. The standard InChI is InChI=1S/C28H30O3/c1-2-30-28-21-24(18-20-27(28)31-22-25-14-7-4-8-15-25)17-19-26(29)16-10-9-13-23-11-5-3-6-12-23/h3-8,11-12,14-15,17-21H,2,9-10,13,16,22H2,1H3/b19-17+. The molecule has 0 unspecified atom stereocenters. The zero-order valence-corrected chi connectivity index (χ0v) is 18.1. The third-order valence-corrected chi connectivity index (χ3v) is 4.95. The molecule has 0 aliphatic heterocycles. The predicted octanol–water partition coefficient (Wildman–Crippen LogP) is 6.66. The molecular formula is C28H30O3. The van der Waals surface area contributed by atoms with Crippen molar-refractivity contribution in [3.63, 3.8) is 0 Å². The van der Waals surface area contributed by atoms with Crippen LogP contribution >= 0.6 is 0 Å². The lowest BCUT2D eigenvalue weighted by molar-refractivity contribution is -0.114. The van der Waals surface area contributed by atoms with Crippen LogP contribution in [0.1, 0.15) is 42.9 Å². The molecule has 0 amide bonds. The van der Waals surface area contributed by atoms with E-state index < -0.39 is 0 Å². The van der Waals surface area contributed by atoms with Gasteiger partial charge in [-0.05, 0) is 61.1 Å². The molecule has 0 bridgehead atoms. The Labute approximate surface area is 185 Å². The molecule has 0 N–H and O–H groups in total. The molecule has 160 valence electrons. The van der Waals surface area contributed by atoms with Gasteiger partial charge in [0.2, 0.25) is 0 Å². The molecule has 0 saturated carbocycles. The highest BCUT2D eigenvalue weighted by atomic mass is 16.5. The van der Waals surface area contributed by atoms with Gasteiger partial charge < -0.3 is 9.47 Å². The number of unbranched alkanes of at least 4 members (excludes halogenated alkanes) is 1. The van der Waals surface area contributed by atoms with Crippen LogP contribution in [0.3, 0.4) is 0 Å². The Morgan fingerprint density at radius 1 is 0.806 bits per heavy atom. The number of ketones is 1. The van der Waals surface area contributed by atoms with Gasteiger partial charge in [-0.25, -0.2) is 0 Å². The minimum atomic E-state index is 0.149. The summed E-state index contributed by atoms with van der Waals surface area (Å²) in [5.41, 5.74) is 3.35. The number of rotatable bonds is 12. The first-order valence-electron chi connectivity index (χ1n) is 10.9.